The van der Waals surface area contributed by atoms with Crippen LogP contribution in [-0.2, 0) is 0 Å². The molecule has 3 heterocycles. The fourth-order valence-electron chi connectivity index (χ4n) is 6.17. The van der Waals surface area contributed by atoms with Crippen LogP contribution in [0.5, 0.6) is 23.0 Å². The predicted octanol–water partition coefficient (Wildman–Crippen LogP) is 5.93. The Balaban J connectivity index is 1.55. The molecule has 5 aromatic rings. The van der Waals surface area contributed by atoms with Crippen LogP contribution in [0.2, 0.25) is 6.55 Å². The molecule has 33 heavy (non-hydrogen) atoms. The van der Waals surface area contributed by atoms with E-state index in [4.69, 9.17) is 9.47 Å². The minimum Gasteiger partial charge on any atom is -0.457 e. The first kappa shape index (κ1) is 17.5. The van der Waals surface area contributed by atoms with Gasteiger partial charge in [0, 0.05) is 32.3 Å². The highest BCUT2D eigenvalue weighted by Crippen LogP contribution is 2.49. The highest BCUT2D eigenvalue weighted by molar-refractivity contribution is 7.14. The summed E-state index contributed by atoms with van der Waals surface area (Å²) in [5, 5.41) is 6.38. The van der Waals surface area contributed by atoms with Crippen molar-refractivity contribution in [2.75, 3.05) is 4.90 Å². The molecule has 0 radical (unpaired) electrons. The Labute approximate surface area is 192 Å². The molecule has 0 fully saturated rings. The third-order valence-corrected chi connectivity index (χ3v) is 11.9. The van der Waals surface area contributed by atoms with E-state index in [9.17, 15) is 0 Å². The first-order valence-electron chi connectivity index (χ1n) is 11.3. The Morgan fingerprint density at radius 3 is 1.67 bits per heavy atom. The van der Waals surface area contributed by atoms with Crippen molar-refractivity contribution in [1.29, 1.82) is 0 Å². The van der Waals surface area contributed by atoms with Crippen molar-refractivity contribution in [1.82, 2.24) is 0 Å². The maximum absolute atomic E-state index is 6.51. The molecule has 0 aromatic heterocycles. The molecule has 0 saturated heterocycles. The predicted molar refractivity (Wildman–Crippen MR) is 136 cm³/mol. The Morgan fingerprint density at radius 1 is 0.515 bits per heavy atom. The first-order chi connectivity index (χ1) is 16.2. The summed E-state index contributed by atoms with van der Waals surface area (Å²) in [5.41, 5.74) is 3.60. The zero-order valence-electron chi connectivity index (χ0n) is 18.0. The summed E-state index contributed by atoms with van der Waals surface area (Å²) in [6.07, 6.45) is 0. The summed E-state index contributed by atoms with van der Waals surface area (Å²) in [4.78, 5) is 2.42. The van der Waals surface area contributed by atoms with Crippen molar-refractivity contribution in [3.63, 3.8) is 0 Å². The molecule has 8 rings (SSSR count). The number of benzene rings is 5. The van der Waals surface area contributed by atoms with Crippen LogP contribution in [0.3, 0.4) is 0 Å². The largest absolute Gasteiger partial charge is 0.457 e. The van der Waals surface area contributed by atoms with Crippen LogP contribution in [0.15, 0.2) is 97.1 Å². The summed E-state index contributed by atoms with van der Waals surface area (Å²) in [6, 6.07) is 34.3. The molecule has 0 spiro atoms. The van der Waals surface area contributed by atoms with Gasteiger partial charge in [-0.15, -0.1) is 0 Å². The molecule has 0 saturated carbocycles. The lowest BCUT2D eigenvalue weighted by atomic mass is 10.1. The van der Waals surface area contributed by atoms with Crippen molar-refractivity contribution in [3.05, 3.63) is 97.1 Å². The van der Waals surface area contributed by atoms with E-state index in [-0.39, 0.29) is 0 Å². The molecule has 156 valence electrons. The van der Waals surface area contributed by atoms with E-state index in [0.29, 0.717) is 0 Å². The smallest absolute Gasteiger partial charge is 0.170 e. The number of nitrogens with zero attached hydrogens (tertiary/aromatic N) is 1. The SMILES string of the molecule is C[Si]12c3c4cccc3Oc3cccc(c31)N(c1cccc3ccccc13)c1cccc(c12)O4. The highest BCUT2D eigenvalue weighted by atomic mass is 28.3. The van der Waals surface area contributed by atoms with Crippen molar-refractivity contribution < 1.29 is 9.47 Å². The number of anilines is 3. The molecule has 0 bridgehead atoms. The third-order valence-electron chi connectivity index (χ3n) is 7.43. The lowest BCUT2D eigenvalue weighted by molar-refractivity contribution is 0.463. The van der Waals surface area contributed by atoms with Crippen molar-refractivity contribution in [3.8, 4) is 23.0 Å². The van der Waals surface area contributed by atoms with Crippen LogP contribution in [0, 0.1) is 0 Å². The van der Waals surface area contributed by atoms with E-state index in [2.05, 4.69) is 102 Å². The quantitative estimate of drug-likeness (QED) is 0.295. The average molecular weight is 442 g/mol. The van der Waals surface area contributed by atoms with Gasteiger partial charge >= 0.3 is 0 Å². The zero-order valence-corrected chi connectivity index (χ0v) is 19.0. The number of hydrogen-bond donors (Lipinski definition) is 0. The molecular formula is C29H19NO2Si. The van der Waals surface area contributed by atoms with Crippen LogP contribution in [0.1, 0.15) is 0 Å². The van der Waals surface area contributed by atoms with Crippen LogP contribution < -0.4 is 29.9 Å². The number of hydrogen-bond acceptors (Lipinski definition) is 3. The standard InChI is InChI=1S/C29H19NO2Si/c1-33-27-21-12-5-14-23(27)31-25-16-7-17-26(29(25)33)32-24-15-6-13-22(28(24)33)30(21)20-11-4-9-18-8-2-3-10-19(18)20/h2-17H,1H3. The Kier molecular flexibility index (Phi) is 3.11. The van der Waals surface area contributed by atoms with Crippen molar-refractivity contribution >= 4 is 51.5 Å². The fraction of sp³-hybridized carbons (Fsp3) is 0.0345. The second-order valence-electron chi connectivity index (χ2n) is 9.09. The lowest BCUT2D eigenvalue weighted by Crippen LogP contribution is -2.71. The van der Waals surface area contributed by atoms with Crippen LogP contribution in [-0.4, -0.2) is 8.07 Å². The molecule has 3 aliphatic rings. The monoisotopic (exact) mass is 441 g/mol. The van der Waals surface area contributed by atoms with E-state index >= 15 is 0 Å². The molecule has 3 nitrogen and oxygen atoms in total. The van der Waals surface area contributed by atoms with Gasteiger partial charge in [0.05, 0.1) is 5.69 Å². The molecule has 0 amide bonds. The summed E-state index contributed by atoms with van der Waals surface area (Å²) in [5.74, 6) is 3.81. The van der Waals surface area contributed by atoms with Crippen molar-refractivity contribution in [2.45, 2.75) is 6.55 Å². The zero-order chi connectivity index (χ0) is 21.7. The van der Waals surface area contributed by atoms with Gasteiger partial charge in [0.25, 0.3) is 0 Å². The lowest BCUT2D eigenvalue weighted by Gasteiger charge is -2.48. The molecule has 0 atom stereocenters. The van der Waals surface area contributed by atoms with E-state index in [1.54, 1.807) is 0 Å². The number of ether oxygens (including phenoxy) is 2. The first-order valence-corrected chi connectivity index (χ1v) is 13.8. The van der Waals surface area contributed by atoms with E-state index in [0.717, 1.165) is 23.0 Å². The topological polar surface area (TPSA) is 21.7 Å². The summed E-state index contributed by atoms with van der Waals surface area (Å²) in [6.45, 7) is 2.46. The minimum atomic E-state index is -2.34. The van der Waals surface area contributed by atoms with Gasteiger partial charge in [0.15, 0.2) is 8.07 Å². The molecule has 3 aliphatic heterocycles. The van der Waals surface area contributed by atoms with Gasteiger partial charge in [-0.1, -0.05) is 61.1 Å². The Bertz CT molecular complexity index is 1580. The Hall–Kier alpha value is -4.02. The second-order valence-corrected chi connectivity index (χ2v) is 12.8. The van der Waals surface area contributed by atoms with Crippen LogP contribution >= 0.6 is 0 Å². The van der Waals surface area contributed by atoms with E-state index in [1.807, 2.05) is 6.07 Å². The van der Waals surface area contributed by atoms with Gasteiger partial charge in [-0.2, -0.15) is 0 Å². The molecule has 0 N–H and O–H groups in total. The molecule has 5 aromatic carbocycles. The molecular weight excluding hydrogens is 422 g/mol. The summed E-state index contributed by atoms with van der Waals surface area (Å²) in [7, 11) is -2.34. The molecule has 4 heteroatoms. The average Bonchev–Trinajstić information content (AvgIpc) is 2.84. The molecule has 0 aliphatic carbocycles. The minimum absolute atomic E-state index is 0.936. The second kappa shape index (κ2) is 5.85. The normalized spacial score (nSPS) is 15.5. The van der Waals surface area contributed by atoms with E-state index < -0.39 is 8.07 Å². The maximum Gasteiger partial charge on any atom is 0.170 e. The van der Waals surface area contributed by atoms with Gasteiger partial charge in [-0.3, -0.25) is 0 Å². The van der Waals surface area contributed by atoms with Gasteiger partial charge in [-0.25, -0.2) is 0 Å². The Morgan fingerprint density at radius 2 is 1.00 bits per heavy atom. The van der Waals surface area contributed by atoms with Gasteiger partial charge in [-0.05, 0) is 47.9 Å². The third kappa shape index (κ3) is 2.01. The summed E-state index contributed by atoms with van der Waals surface area (Å²) >= 11 is 0. The number of fused-ring (bicyclic) bond motifs is 1. The fourth-order valence-corrected chi connectivity index (χ4v) is 10.8. The van der Waals surface area contributed by atoms with Crippen molar-refractivity contribution in [2.24, 2.45) is 0 Å². The van der Waals surface area contributed by atoms with Crippen LogP contribution in [0.25, 0.3) is 10.8 Å². The summed E-state index contributed by atoms with van der Waals surface area (Å²) < 4.78 is 13.0. The van der Waals surface area contributed by atoms with E-state index in [1.165, 1.54) is 43.4 Å². The van der Waals surface area contributed by atoms with Gasteiger partial charge in [0.2, 0.25) is 0 Å². The highest BCUT2D eigenvalue weighted by Gasteiger charge is 2.54. The van der Waals surface area contributed by atoms with Gasteiger partial charge in [0.1, 0.15) is 23.0 Å². The maximum atomic E-state index is 6.51. The van der Waals surface area contributed by atoms with Crippen LogP contribution in [0.4, 0.5) is 17.1 Å². The molecule has 0 unspecified atom stereocenters. The van der Waals surface area contributed by atoms with Gasteiger partial charge < -0.3 is 14.4 Å². The number of rotatable bonds is 1.